The first kappa shape index (κ1) is 23.4. The van der Waals surface area contributed by atoms with Gasteiger partial charge in [-0.25, -0.2) is 28.5 Å². The molecule has 0 saturated carbocycles. The third-order valence-electron chi connectivity index (χ3n) is 5.45. The van der Waals surface area contributed by atoms with E-state index in [2.05, 4.69) is 35.8 Å². The second-order valence-electron chi connectivity index (χ2n) is 7.81. The lowest BCUT2D eigenvalue weighted by Crippen LogP contribution is -2.36. The second-order valence-corrected chi connectivity index (χ2v) is 8.22. The number of fused-ring (bicyclic) bond motifs is 1. The van der Waals surface area contributed by atoms with Crippen LogP contribution >= 0.6 is 11.6 Å². The summed E-state index contributed by atoms with van der Waals surface area (Å²) in [6.45, 7) is 2.13. The Labute approximate surface area is 210 Å². The van der Waals surface area contributed by atoms with Crippen LogP contribution < -0.4 is 10.6 Å². The minimum atomic E-state index is -0.564. The molecule has 0 bridgehead atoms. The van der Waals surface area contributed by atoms with Crippen LogP contribution in [0.2, 0.25) is 5.02 Å². The van der Waals surface area contributed by atoms with E-state index in [4.69, 9.17) is 11.6 Å². The van der Waals surface area contributed by atoms with Gasteiger partial charge in [-0.2, -0.15) is 10.2 Å². The first-order valence-corrected chi connectivity index (χ1v) is 11.6. The van der Waals surface area contributed by atoms with Gasteiger partial charge in [-0.1, -0.05) is 30.7 Å². The lowest BCUT2D eigenvalue weighted by molar-refractivity contribution is 0.239. The van der Waals surface area contributed by atoms with Crippen LogP contribution in [0.25, 0.3) is 22.3 Å². The highest BCUT2D eigenvalue weighted by molar-refractivity contribution is 6.30. The normalized spacial score (nSPS) is 11.1. The van der Waals surface area contributed by atoms with Crippen LogP contribution in [0, 0.1) is 5.82 Å². The van der Waals surface area contributed by atoms with E-state index in [1.54, 1.807) is 16.9 Å². The van der Waals surface area contributed by atoms with Crippen molar-refractivity contribution in [2.75, 3.05) is 0 Å². The summed E-state index contributed by atoms with van der Waals surface area (Å²) < 4.78 is 17.1. The number of hydrogen-bond donors (Lipinski definition) is 2. The molecule has 0 aliphatic heterocycles. The molecule has 3 heterocycles. The average Bonchev–Trinajstić information content (AvgIpc) is 3.54. The molecule has 10 nitrogen and oxygen atoms in total. The van der Waals surface area contributed by atoms with Gasteiger partial charge in [-0.15, -0.1) is 0 Å². The molecule has 0 aliphatic rings. The van der Waals surface area contributed by atoms with Crippen molar-refractivity contribution < 1.29 is 9.18 Å². The van der Waals surface area contributed by atoms with Crippen LogP contribution in [0.3, 0.4) is 0 Å². The Morgan fingerprint density at radius 2 is 1.78 bits per heavy atom. The molecule has 0 fully saturated rings. The molecule has 2 N–H and O–H groups in total. The number of pyridine rings is 1. The molecule has 0 unspecified atom stereocenters. The zero-order valence-corrected chi connectivity index (χ0v) is 19.9. The summed E-state index contributed by atoms with van der Waals surface area (Å²) in [5.74, 6) is 1.01. The predicted molar refractivity (Wildman–Crippen MR) is 131 cm³/mol. The van der Waals surface area contributed by atoms with Gasteiger partial charge in [0.25, 0.3) is 0 Å². The molecule has 0 saturated heterocycles. The number of amides is 2. The summed E-state index contributed by atoms with van der Waals surface area (Å²) >= 11 is 5.80. The molecular formula is C24H21ClFN9O. The van der Waals surface area contributed by atoms with Crippen molar-refractivity contribution >= 4 is 28.5 Å². The molecule has 12 heteroatoms. The summed E-state index contributed by atoms with van der Waals surface area (Å²) in [4.78, 5) is 25.6. The van der Waals surface area contributed by atoms with Gasteiger partial charge in [-0.05, 0) is 30.3 Å². The van der Waals surface area contributed by atoms with Crippen LogP contribution in [-0.2, 0) is 19.5 Å². The minimum Gasteiger partial charge on any atom is -0.331 e. The van der Waals surface area contributed by atoms with Gasteiger partial charge in [-0.3, -0.25) is 4.98 Å². The molecule has 3 aromatic heterocycles. The van der Waals surface area contributed by atoms with Gasteiger partial charge in [0.15, 0.2) is 17.5 Å². The number of aromatic nitrogens is 7. The quantitative estimate of drug-likeness (QED) is 0.348. The number of urea groups is 1. The number of hydrogen-bond acceptors (Lipinski definition) is 6. The molecule has 182 valence electrons. The Kier molecular flexibility index (Phi) is 6.54. The lowest BCUT2D eigenvalue weighted by Gasteiger charge is -2.10. The van der Waals surface area contributed by atoms with Crippen molar-refractivity contribution in [3.8, 4) is 11.4 Å². The van der Waals surface area contributed by atoms with E-state index < -0.39 is 11.8 Å². The largest absolute Gasteiger partial charge is 0.331 e. The SMILES string of the molecule is CCc1nc(CNC(=O)NCc2ncnn2-c2ccc3cccnc3c2)n(-c2ccc(Cl)c(F)c2)n1. The van der Waals surface area contributed by atoms with Crippen LogP contribution in [-0.4, -0.2) is 40.5 Å². The second kappa shape index (κ2) is 10.1. The summed E-state index contributed by atoms with van der Waals surface area (Å²) in [5.41, 5.74) is 2.07. The summed E-state index contributed by atoms with van der Waals surface area (Å²) in [5, 5.41) is 15.2. The van der Waals surface area contributed by atoms with E-state index in [1.165, 1.54) is 23.1 Å². The fraction of sp³-hybridized carbons (Fsp3) is 0.167. The maximum Gasteiger partial charge on any atom is 0.315 e. The summed E-state index contributed by atoms with van der Waals surface area (Å²) in [6, 6.07) is 13.6. The monoisotopic (exact) mass is 505 g/mol. The Hall–Kier alpha value is -4.38. The molecular weight excluding hydrogens is 485 g/mol. The van der Waals surface area contributed by atoms with E-state index in [0.717, 1.165) is 16.6 Å². The van der Waals surface area contributed by atoms with E-state index in [-0.39, 0.29) is 18.1 Å². The number of nitrogens with one attached hydrogen (secondary N) is 2. The molecule has 2 aromatic carbocycles. The van der Waals surface area contributed by atoms with Crippen molar-refractivity contribution in [3.05, 3.63) is 89.4 Å². The molecule has 5 rings (SSSR count). The molecule has 0 aliphatic carbocycles. The predicted octanol–water partition coefficient (Wildman–Crippen LogP) is 3.75. The Morgan fingerprint density at radius 1 is 1.00 bits per heavy atom. The smallest absolute Gasteiger partial charge is 0.315 e. The van der Waals surface area contributed by atoms with Gasteiger partial charge in [0.1, 0.15) is 12.1 Å². The zero-order chi connectivity index (χ0) is 25.1. The molecule has 36 heavy (non-hydrogen) atoms. The fourth-order valence-electron chi connectivity index (χ4n) is 3.65. The standard InChI is InChI=1S/C24H21ClFN9O/c1-2-21-32-23(35(33-21)16-7-8-18(25)19(26)10-16)13-29-24(36)28-12-22-30-14-31-34(22)17-6-5-15-4-3-9-27-20(15)11-17/h3-11,14H,2,12-13H2,1H3,(H2,28,29,36). The molecule has 0 spiro atoms. The summed E-state index contributed by atoms with van der Waals surface area (Å²) in [6.07, 6.45) is 3.74. The van der Waals surface area contributed by atoms with Crippen LogP contribution in [0.15, 0.2) is 61.1 Å². The highest BCUT2D eigenvalue weighted by atomic mass is 35.5. The van der Waals surface area contributed by atoms with Gasteiger partial charge in [0, 0.05) is 24.1 Å². The van der Waals surface area contributed by atoms with Gasteiger partial charge in [0.2, 0.25) is 0 Å². The first-order valence-electron chi connectivity index (χ1n) is 11.2. The van der Waals surface area contributed by atoms with Crippen molar-refractivity contribution in [1.82, 2.24) is 45.1 Å². The Balaban J connectivity index is 1.25. The highest BCUT2D eigenvalue weighted by Gasteiger charge is 2.14. The van der Waals surface area contributed by atoms with Gasteiger partial charge < -0.3 is 10.6 Å². The number of carbonyl (C=O) groups excluding carboxylic acids is 1. The molecule has 2 amide bonds. The number of halogens is 2. The van der Waals surface area contributed by atoms with Crippen molar-refractivity contribution in [2.24, 2.45) is 0 Å². The van der Waals surface area contributed by atoms with Crippen LogP contribution in [0.4, 0.5) is 9.18 Å². The van der Waals surface area contributed by atoms with Crippen molar-refractivity contribution in [1.29, 1.82) is 0 Å². The van der Waals surface area contributed by atoms with Gasteiger partial charge >= 0.3 is 6.03 Å². The number of carbonyl (C=O) groups is 1. The topological polar surface area (TPSA) is 115 Å². The Morgan fingerprint density at radius 3 is 2.58 bits per heavy atom. The number of nitrogens with zero attached hydrogens (tertiary/aromatic N) is 7. The number of rotatable bonds is 7. The van der Waals surface area contributed by atoms with Crippen molar-refractivity contribution in [3.63, 3.8) is 0 Å². The van der Waals surface area contributed by atoms with Crippen LogP contribution in [0.5, 0.6) is 0 Å². The number of benzene rings is 2. The fourth-order valence-corrected chi connectivity index (χ4v) is 3.77. The van der Waals surface area contributed by atoms with E-state index in [1.807, 2.05) is 37.3 Å². The van der Waals surface area contributed by atoms with E-state index in [9.17, 15) is 9.18 Å². The summed E-state index contributed by atoms with van der Waals surface area (Å²) in [7, 11) is 0. The van der Waals surface area contributed by atoms with E-state index >= 15 is 0 Å². The third-order valence-corrected chi connectivity index (χ3v) is 5.76. The molecule has 5 aromatic rings. The van der Waals surface area contributed by atoms with Gasteiger partial charge in [0.05, 0.1) is 35.0 Å². The molecule has 0 radical (unpaired) electrons. The maximum atomic E-state index is 14.0. The maximum absolute atomic E-state index is 14.0. The van der Waals surface area contributed by atoms with E-state index in [0.29, 0.717) is 29.6 Å². The lowest BCUT2D eigenvalue weighted by atomic mass is 10.2. The molecule has 0 atom stereocenters. The zero-order valence-electron chi connectivity index (χ0n) is 19.2. The Bertz CT molecular complexity index is 1550. The average molecular weight is 506 g/mol. The number of aryl methyl sites for hydroxylation is 1. The van der Waals surface area contributed by atoms with Crippen LogP contribution in [0.1, 0.15) is 24.4 Å². The first-order chi connectivity index (χ1) is 17.5. The minimum absolute atomic E-state index is 0.0152. The van der Waals surface area contributed by atoms with Crippen molar-refractivity contribution in [2.45, 2.75) is 26.4 Å². The highest BCUT2D eigenvalue weighted by Crippen LogP contribution is 2.19. The third kappa shape index (κ3) is 4.86.